The molecule has 8 heteroatoms. The molecule has 1 atom stereocenters. The first kappa shape index (κ1) is 21.9. The van der Waals surface area contributed by atoms with Gasteiger partial charge in [0, 0.05) is 32.0 Å². The minimum absolute atomic E-state index is 0.0765. The Kier molecular flexibility index (Phi) is 7.21. The third kappa shape index (κ3) is 6.65. The summed E-state index contributed by atoms with van der Waals surface area (Å²) in [5.74, 6) is -0.270. The lowest BCUT2D eigenvalue weighted by molar-refractivity contribution is -0.136. The largest absolute Gasteiger partial charge is 0.489 e. The third-order valence-corrected chi connectivity index (χ3v) is 4.34. The Morgan fingerprint density at radius 1 is 1.25 bits per heavy atom. The first-order chi connectivity index (χ1) is 13.0. The normalized spacial score (nSPS) is 16.6. The van der Waals surface area contributed by atoms with Gasteiger partial charge in [-0.05, 0) is 26.7 Å². The molecule has 0 unspecified atom stereocenters. The molecule has 28 heavy (non-hydrogen) atoms. The van der Waals surface area contributed by atoms with E-state index in [0.717, 1.165) is 6.20 Å². The van der Waals surface area contributed by atoms with Crippen LogP contribution in [0.2, 0.25) is 0 Å². The molecule has 1 aromatic rings. The van der Waals surface area contributed by atoms with E-state index in [4.69, 9.17) is 9.47 Å². The fourth-order valence-electron chi connectivity index (χ4n) is 2.99. The second-order valence-corrected chi connectivity index (χ2v) is 8.35. The lowest BCUT2D eigenvalue weighted by atomic mass is 10.0. The fraction of sp³-hybridized carbons (Fsp3) is 0.650. The van der Waals surface area contributed by atoms with E-state index >= 15 is 0 Å². The highest BCUT2D eigenvalue weighted by Gasteiger charge is 2.32. The monoisotopic (exact) mass is 395 g/mol. The zero-order valence-electron chi connectivity index (χ0n) is 17.2. The molecule has 0 bridgehead atoms. The number of hydrogen-bond donors (Lipinski definition) is 1. The molecule has 1 N–H and O–H groups in total. The number of nitrogens with one attached hydrogen (secondary N) is 1. The van der Waals surface area contributed by atoms with Gasteiger partial charge < -0.3 is 19.7 Å². The van der Waals surface area contributed by atoms with Gasteiger partial charge in [-0.3, -0.25) is 9.78 Å². The number of nitrogens with zero attached hydrogens (tertiary/aromatic N) is 2. The molecule has 0 spiro atoms. The summed E-state index contributed by atoms with van der Waals surface area (Å²) in [4.78, 5) is 30.5. The number of ether oxygens (including phenoxy) is 2. The Morgan fingerprint density at radius 2 is 1.89 bits per heavy atom. The number of piperidine rings is 1. The highest BCUT2D eigenvalue weighted by Crippen LogP contribution is 2.20. The van der Waals surface area contributed by atoms with Gasteiger partial charge >= 0.3 is 6.09 Å². The summed E-state index contributed by atoms with van der Waals surface area (Å²) in [5, 5.41) is 2.69. The average Bonchev–Trinajstić information content (AvgIpc) is 2.58. The molecule has 2 heterocycles. The van der Waals surface area contributed by atoms with E-state index in [1.54, 1.807) is 25.7 Å². The summed E-state index contributed by atoms with van der Waals surface area (Å²) < 4.78 is 24.3. The number of pyridine rings is 1. The molecular weight excluding hydrogens is 365 g/mol. The van der Waals surface area contributed by atoms with Crippen molar-refractivity contribution in [2.75, 3.05) is 13.1 Å². The number of alkyl carbamates (subject to hydrolysis) is 1. The molecule has 1 saturated heterocycles. The van der Waals surface area contributed by atoms with E-state index in [2.05, 4.69) is 10.3 Å². The number of amides is 2. The van der Waals surface area contributed by atoms with Crippen LogP contribution in [0.5, 0.6) is 5.75 Å². The van der Waals surface area contributed by atoms with Crippen LogP contribution in [-0.4, -0.2) is 52.7 Å². The lowest BCUT2D eigenvalue weighted by Crippen LogP contribution is -2.54. The smallest absolute Gasteiger partial charge is 0.408 e. The molecule has 0 radical (unpaired) electrons. The number of hydrogen-bond acceptors (Lipinski definition) is 5. The molecule has 1 fully saturated rings. The van der Waals surface area contributed by atoms with Crippen molar-refractivity contribution in [2.45, 2.75) is 65.2 Å². The van der Waals surface area contributed by atoms with E-state index < -0.39 is 23.6 Å². The van der Waals surface area contributed by atoms with Crippen LogP contribution in [0.15, 0.2) is 18.5 Å². The maximum atomic E-state index is 13.2. The van der Waals surface area contributed by atoms with Gasteiger partial charge in [-0.1, -0.05) is 13.8 Å². The average molecular weight is 395 g/mol. The number of carbonyl (C=O) groups excluding carboxylic acids is 2. The Labute approximate surface area is 165 Å². The van der Waals surface area contributed by atoms with Crippen LogP contribution < -0.4 is 10.1 Å². The molecule has 2 rings (SSSR count). The van der Waals surface area contributed by atoms with E-state index in [-0.39, 0.29) is 17.9 Å². The van der Waals surface area contributed by atoms with Crippen LogP contribution >= 0.6 is 0 Å². The molecule has 2 amide bonds. The molecule has 0 saturated carbocycles. The molecule has 7 nitrogen and oxygen atoms in total. The van der Waals surface area contributed by atoms with Crippen LogP contribution in [0.25, 0.3) is 0 Å². The van der Waals surface area contributed by atoms with Crippen molar-refractivity contribution >= 4 is 12.0 Å². The van der Waals surface area contributed by atoms with E-state index in [0.29, 0.717) is 31.7 Å². The van der Waals surface area contributed by atoms with Crippen molar-refractivity contribution in [1.82, 2.24) is 15.2 Å². The quantitative estimate of drug-likeness (QED) is 0.828. The van der Waals surface area contributed by atoms with Crippen molar-refractivity contribution in [2.24, 2.45) is 5.92 Å². The Bertz CT molecular complexity index is 682. The fourth-order valence-corrected chi connectivity index (χ4v) is 2.99. The summed E-state index contributed by atoms with van der Waals surface area (Å²) in [6, 6.07) is 0.643. The van der Waals surface area contributed by atoms with Gasteiger partial charge in [0.15, 0.2) is 0 Å². The topological polar surface area (TPSA) is 80.8 Å². The van der Waals surface area contributed by atoms with E-state index in [9.17, 15) is 14.0 Å². The van der Waals surface area contributed by atoms with Gasteiger partial charge in [-0.25, -0.2) is 9.18 Å². The zero-order chi connectivity index (χ0) is 20.9. The number of carbonyl (C=O) groups is 2. The van der Waals surface area contributed by atoms with Crippen molar-refractivity contribution < 1.29 is 23.5 Å². The van der Waals surface area contributed by atoms with Crippen molar-refractivity contribution in [3.8, 4) is 5.75 Å². The number of halogens is 1. The standard InChI is InChI=1S/C20H30FN3O4/c1-13(2)17(23-19(26)28-20(3,4)5)18(25)24-8-6-15(7-9-24)27-16-10-14(21)11-22-12-16/h10-13,15,17H,6-9H2,1-5H3,(H,23,26)/t17-/m0/s1. The van der Waals surface area contributed by atoms with Crippen LogP contribution in [-0.2, 0) is 9.53 Å². The number of likely N-dealkylation sites (tertiary alicyclic amines) is 1. The zero-order valence-corrected chi connectivity index (χ0v) is 17.2. The van der Waals surface area contributed by atoms with Gasteiger partial charge in [0.05, 0.1) is 12.4 Å². The predicted molar refractivity (Wildman–Crippen MR) is 102 cm³/mol. The van der Waals surface area contributed by atoms with Crippen molar-refractivity contribution in [3.05, 3.63) is 24.3 Å². The van der Waals surface area contributed by atoms with Gasteiger partial charge in [0.25, 0.3) is 0 Å². The van der Waals surface area contributed by atoms with Crippen molar-refractivity contribution in [1.29, 1.82) is 0 Å². The van der Waals surface area contributed by atoms with E-state index in [1.807, 2.05) is 13.8 Å². The summed E-state index contributed by atoms with van der Waals surface area (Å²) >= 11 is 0. The van der Waals surface area contributed by atoms with Gasteiger partial charge in [0.1, 0.15) is 29.3 Å². The highest BCUT2D eigenvalue weighted by atomic mass is 19.1. The summed E-state index contributed by atoms with van der Waals surface area (Å²) in [6.45, 7) is 10.1. The molecule has 1 aliphatic rings. The number of rotatable bonds is 5. The molecule has 1 aromatic heterocycles. The van der Waals surface area contributed by atoms with Gasteiger partial charge in [-0.15, -0.1) is 0 Å². The maximum Gasteiger partial charge on any atom is 0.408 e. The predicted octanol–water partition coefficient (Wildman–Crippen LogP) is 3.14. The van der Waals surface area contributed by atoms with Crippen LogP contribution in [0.4, 0.5) is 9.18 Å². The Hall–Kier alpha value is -2.38. The van der Waals surface area contributed by atoms with Crippen LogP contribution in [0.3, 0.4) is 0 Å². The Morgan fingerprint density at radius 3 is 2.43 bits per heavy atom. The minimum atomic E-state index is -0.653. The van der Waals surface area contributed by atoms with E-state index in [1.165, 1.54) is 12.3 Å². The first-order valence-corrected chi connectivity index (χ1v) is 9.60. The molecule has 0 aromatic carbocycles. The molecule has 0 aliphatic carbocycles. The maximum absolute atomic E-state index is 13.2. The Balaban J connectivity index is 1.90. The lowest BCUT2D eigenvalue weighted by Gasteiger charge is -2.35. The highest BCUT2D eigenvalue weighted by molar-refractivity contribution is 5.86. The van der Waals surface area contributed by atoms with Crippen LogP contribution in [0, 0.1) is 11.7 Å². The summed E-state index contributed by atoms with van der Waals surface area (Å²) in [7, 11) is 0. The second kappa shape index (κ2) is 9.21. The van der Waals surface area contributed by atoms with Gasteiger partial charge in [-0.2, -0.15) is 0 Å². The number of aromatic nitrogens is 1. The molecule has 156 valence electrons. The molecule has 1 aliphatic heterocycles. The van der Waals surface area contributed by atoms with Gasteiger partial charge in [0.2, 0.25) is 5.91 Å². The SMILES string of the molecule is CC(C)[C@H](NC(=O)OC(C)(C)C)C(=O)N1CCC(Oc2cncc(F)c2)CC1. The molecular formula is C20H30FN3O4. The van der Waals surface area contributed by atoms with Crippen LogP contribution in [0.1, 0.15) is 47.5 Å². The summed E-state index contributed by atoms with van der Waals surface area (Å²) in [5.41, 5.74) is -0.629. The first-order valence-electron chi connectivity index (χ1n) is 9.60. The summed E-state index contributed by atoms with van der Waals surface area (Å²) in [6.07, 6.45) is 3.14. The minimum Gasteiger partial charge on any atom is -0.489 e. The second-order valence-electron chi connectivity index (χ2n) is 8.35. The van der Waals surface area contributed by atoms with Crippen molar-refractivity contribution in [3.63, 3.8) is 0 Å². The third-order valence-electron chi connectivity index (χ3n) is 4.34.